The molecule has 0 bridgehead atoms. The third kappa shape index (κ3) is 2.71. The van der Waals surface area contributed by atoms with Gasteiger partial charge < -0.3 is 4.74 Å². The first-order valence-corrected chi connectivity index (χ1v) is 4.02. The summed E-state index contributed by atoms with van der Waals surface area (Å²) in [6.07, 6.45) is -3.29. The molecule has 0 spiro atoms. The van der Waals surface area contributed by atoms with Gasteiger partial charge in [0.2, 0.25) is 0 Å². The molecule has 0 amide bonds. The summed E-state index contributed by atoms with van der Waals surface area (Å²) in [6.45, 7) is 0.167. The average Bonchev–Trinajstić information content (AvgIpc) is 2.45. The Morgan fingerprint density at radius 3 is 2.67 bits per heavy atom. The largest absolute Gasteiger partial charge is 0.465 e. The van der Waals surface area contributed by atoms with Gasteiger partial charge in [-0.2, -0.15) is 18.3 Å². The molecule has 4 nitrogen and oxygen atoms in total. The molecule has 84 valence electrons. The Morgan fingerprint density at radius 2 is 2.20 bits per heavy atom. The molecule has 0 N–H and O–H groups in total. The van der Waals surface area contributed by atoms with Gasteiger partial charge in [0.1, 0.15) is 12.1 Å². The molecule has 15 heavy (non-hydrogen) atoms. The predicted octanol–water partition coefficient (Wildman–Crippen LogP) is 1.54. The van der Waals surface area contributed by atoms with Crippen LogP contribution >= 0.6 is 0 Å². The number of ether oxygens (including phenoxy) is 1. The van der Waals surface area contributed by atoms with Crippen LogP contribution in [0.3, 0.4) is 0 Å². The van der Waals surface area contributed by atoms with E-state index in [2.05, 4.69) is 9.84 Å². The summed E-state index contributed by atoms with van der Waals surface area (Å²) in [5.41, 5.74) is 0.181. The second kappa shape index (κ2) is 3.92. The van der Waals surface area contributed by atoms with Crippen molar-refractivity contribution in [3.8, 4) is 0 Å². The molecule has 0 unspecified atom stereocenters. The lowest BCUT2D eigenvalue weighted by molar-refractivity contribution is -0.142. The van der Waals surface area contributed by atoms with Crippen LogP contribution in [0.2, 0.25) is 0 Å². The molecule has 1 heterocycles. The van der Waals surface area contributed by atoms with E-state index in [1.807, 2.05) is 0 Å². The van der Waals surface area contributed by atoms with Gasteiger partial charge in [-0.1, -0.05) is 0 Å². The van der Waals surface area contributed by atoms with Gasteiger partial charge in [0.05, 0.1) is 19.0 Å². The van der Waals surface area contributed by atoms with Crippen molar-refractivity contribution in [2.45, 2.75) is 19.6 Å². The number of nitrogens with zero attached hydrogens (tertiary/aromatic N) is 2. The molecule has 0 aromatic carbocycles. The topological polar surface area (TPSA) is 44.1 Å². The average molecular weight is 222 g/mol. The fourth-order valence-electron chi connectivity index (χ4n) is 1.09. The lowest BCUT2D eigenvalue weighted by atomic mass is 10.3. The maximum Gasteiger partial charge on any atom is 0.408 e. The van der Waals surface area contributed by atoms with Crippen LogP contribution in [0.5, 0.6) is 0 Å². The zero-order valence-electron chi connectivity index (χ0n) is 8.13. The number of carbonyl (C=O) groups excluding carboxylic acids is 1. The number of methoxy groups -OCH3 is 1. The van der Waals surface area contributed by atoms with Gasteiger partial charge in [-0.3, -0.25) is 4.68 Å². The molecule has 0 radical (unpaired) electrons. The van der Waals surface area contributed by atoms with E-state index in [0.29, 0.717) is 4.68 Å². The summed E-state index contributed by atoms with van der Waals surface area (Å²) >= 11 is 0. The van der Waals surface area contributed by atoms with E-state index in [4.69, 9.17) is 0 Å². The molecule has 0 fully saturated rings. The van der Waals surface area contributed by atoms with Gasteiger partial charge in [-0.25, -0.2) is 4.79 Å². The van der Waals surface area contributed by atoms with E-state index in [1.54, 1.807) is 0 Å². The van der Waals surface area contributed by atoms with E-state index in [9.17, 15) is 18.0 Å². The monoisotopic (exact) mass is 222 g/mol. The van der Waals surface area contributed by atoms with Gasteiger partial charge in [-0.15, -0.1) is 0 Å². The lowest BCUT2D eigenvalue weighted by Crippen LogP contribution is -2.19. The first-order valence-electron chi connectivity index (χ1n) is 4.02. The quantitative estimate of drug-likeness (QED) is 0.713. The van der Waals surface area contributed by atoms with Crippen molar-refractivity contribution < 1.29 is 22.7 Å². The predicted molar refractivity (Wildman–Crippen MR) is 44.4 cm³/mol. The number of hydrogen-bond acceptors (Lipinski definition) is 3. The highest BCUT2D eigenvalue weighted by Crippen LogP contribution is 2.19. The van der Waals surface area contributed by atoms with Crippen LogP contribution in [0, 0.1) is 6.92 Å². The normalized spacial score (nSPS) is 11.5. The number of rotatable bonds is 2. The Morgan fingerprint density at radius 1 is 1.60 bits per heavy atom. The second-order valence-electron chi connectivity index (χ2n) is 2.91. The molecule has 1 aromatic rings. The van der Waals surface area contributed by atoms with Crippen molar-refractivity contribution in [3.63, 3.8) is 0 Å². The van der Waals surface area contributed by atoms with Gasteiger partial charge in [0.25, 0.3) is 0 Å². The van der Waals surface area contributed by atoms with Crippen LogP contribution in [-0.4, -0.2) is 29.0 Å². The smallest absolute Gasteiger partial charge is 0.408 e. The number of aromatic nitrogens is 2. The standard InChI is InChI=1S/C8H9F3N2O2/c1-5-6(7(14)15-2)3-12-13(5)4-8(9,10)11/h3H,4H2,1-2H3. The van der Waals surface area contributed by atoms with E-state index < -0.39 is 18.7 Å². The van der Waals surface area contributed by atoms with Crippen LogP contribution in [0.25, 0.3) is 0 Å². The van der Waals surface area contributed by atoms with Crippen LogP contribution < -0.4 is 0 Å². The van der Waals surface area contributed by atoms with Gasteiger partial charge in [0, 0.05) is 0 Å². The summed E-state index contributed by atoms with van der Waals surface area (Å²) in [5, 5.41) is 3.47. The number of halogens is 3. The van der Waals surface area contributed by atoms with Crippen molar-refractivity contribution in [2.24, 2.45) is 0 Å². The highest BCUT2D eigenvalue weighted by molar-refractivity contribution is 5.90. The van der Waals surface area contributed by atoms with Gasteiger partial charge in [-0.05, 0) is 6.92 Å². The third-order valence-electron chi connectivity index (χ3n) is 1.84. The SMILES string of the molecule is COC(=O)c1cnn(CC(F)(F)F)c1C. The van der Waals surface area contributed by atoms with Crippen LogP contribution in [0.15, 0.2) is 6.20 Å². The summed E-state index contributed by atoms with van der Waals surface area (Å²) < 4.78 is 41.2. The highest BCUT2D eigenvalue weighted by Gasteiger charge is 2.30. The molecular formula is C8H9F3N2O2. The van der Waals surface area contributed by atoms with Crippen LogP contribution in [0.1, 0.15) is 16.1 Å². The molecule has 0 saturated carbocycles. The molecule has 0 aliphatic rings. The summed E-state index contributed by atoms with van der Waals surface area (Å²) in [7, 11) is 1.16. The third-order valence-corrected chi connectivity index (χ3v) is 1.84. The van der Waals surface area contributed by atoms with Crippen molar-refractivity contribution in [2.75, 3.05) is 7.11 Å². The second-order valence-corrected chi connectivity index (χ2v) is 2.91. The van der Waals surface area contributed by atoms with Crippen molar-refractivity contribution in [1.29, 1.82) is 0 Å². The molecule has 1 rings (SSSR count). The number of carbonyl (C=O) groups is 1. The van der Waals surface area contributed by atoms with E-state index >= 15 is 0 Å². The fourth-order valence-corrected chi connectivity index (χ4v) is 1.09. The summed E-state index contributed by atoms with van der Waals surface area (Å²) in [5.74, 6) is -0.694. The molecule has 0 atom stereocenters. The Hall–Kier alpha value is -1.53. The molecular weight excluding hydrogens is 213 g/mol. The van der Waals surface area contributed by atoms with E-state index in [1.165, 1.54) is 6.92 Å². The lowest BCUT2D eigenvalue weighted by Gasteiger charge is -2.08. The highest BCUT2D eigenvalue weighted by atomic mass is 19.4. The summed E-state index contributed by atoms with van der Waals surface area (Å²) in [4.78, 5) is 11.1. The maximum absolute atomic E-state index is 12.0. The first kappa shape index (κ1) is 11.5. The minimum absolute atomic E-state index is 0.0433. The maximum atomic E-state index is 12.0. The Bertz CT molecular complexity index is 370. The van der Waals surface area contributed by atoms with Gasteiger partial charge >= 0.3 is 12.1 Å². The fraction of sp³-hybridized carbons (Fsp3) is 0.500. The Labute approximate surface area is 83.6 Å². The molecule has 0 aliphatic heterocycles. The number of esters is 1. The molecule has 1 aromatic heterocycles. The van der Waals surface area contributed by atoms with Crippen LogP contribution in [0.4, 0.5) is 13.2 Å². The van der Waals surface area contributed by atoms with Crippen molar-refractivity contribution in [3.05, 3.63) is 17.5 Å². The summed E-state index contributed by atoms with van der Waals surface area (Å²) in [6, 6.07) is 0. The number of hydrogen-bond donors (Lipinski definition) is 0. The zero-order valence-corrected chi connectivity index (χ0v) is 8.13. The van der Waals surface area contributed by atoms with Crippen molar-refractivity contribution in [1.82, 2.24) is 9.78 Å². The molecule has 0 saturated heterocycles. The van der Waals surface area contributed by atoms with E-state index in [-0.39, 0.29) is 11.3 Å². The van der Waals surface area contributed by atoms with Crippen molar-refractivity contribution >= 4 is 5.97 Å². The molecule has 7 heteroatoms. The minimum atomic E-state index is -4.36. The number of alkyl halides is 3. The Balaban J connectivity index is 2.94. The van der Waals surface area contributed by atoms with Gasteiger partial charge in [0.15, 0.2) is 0 Å². The minimum Gasteiger partial charge on any atom is -0.465 e. The Kier molecular flexibility index (Phi) is 3.01. The first-order chi connectivity index (χ1) is 6.85. The van der Waals surface area contributed by atoms with Crippen LogP contribution in [-0.2, 0) is 11.3 Å². The van der Waals surface area contributed by atoms with E-state index in [0.717, 1.165) is 13.3 Å². The zero-order chi connectivity index (χ0) is 11.6. The molecule has 0 aliphatic carbocycles.